The molecule has 0 saturated carbocycles. The third-order valence-electron chi connectivity index (χ3n) is 3.57. The van der Waals surface area contributed by atoms with Gasteiger partial charge in [0.25, 0.3) is 0 Å². The number of hydrogen-bond acceptors (Lipinski definition) is 3. The van der Waals surface area contributed by atoms with Crippen LogP contribution < -0.4 is 0 Å². The summed E-state index contributed by atoms with van der Waals surface area (Å²) < 4.78 is 40.3. The van der Waals surface area contributed by atoms with Crippen LogP contribution in [0.3, 0.4) is 0 Å². The van der Waals surface area contributed by atoms with Crippen LogP contribution >= 0.6 is 0 Å². The number of fused-ring (bicyclic) bond motifs is 1. The van der Waals surface area contributed by atoms with Crippen LogP contribution in [0.2, 0.25) is 0 Å². The van der Waals surface area contributed by atoms with Gasteiger partial charge in [-0.25, -0.2) is 9.50 Å². The second-order valence-electron chi connectivity index (χ2n) is 4.97. The summed E-state index contributed by atoms with van der Waals surface area (Å²) in [5, 5.41) is 13.2. The zero-order chi connectivity index (χ0) is 16.6. The molecule has 0 fully saturated rings. The van der Waals surface area contributed by atoms with Crippen LogP contribution in [-0.4, -0.2) is 14.6 Å². The highest BCUT2D eigenvalue weighted by Gasteiger charge is 2.30. The Morgan fingerprint density at radius 3 is 2.70 bits per heavy atom. The lowest BCUT2D eigenvalue weighted by Crippen LogP contribution is -2.06. The third-order valence-corrected chi connectivity index (χ3v) is 3.57. The first-order valence-electron chi connectivity index (χ1n) is 6.89. The van der Waals surface area contributed by atoms with E-state index < -0.39 is 11.7 Å². The van der Waals surface area contributed by atoms with Gasteiger partial charge >= 0.3 is 6.18 Å². The minimum Gasteiger partial charge on any atom is -0.236 e. The van der Waals surface area contributed by atoms with Gasteiger partial charge in [-0.1, -0.05) is 19.1 Å². The Morgan fingerprint density at radius 1 is 1.26 bits per heavy atom. The van der Waals surface area contributed by atoms with Crippen molar-refractivity contribution in [2.24, 2.45) is 0 Å². The number of halogens is 3. The van der Waals surface area contributed by atoms with Gasteiger partial charge in [0, 0.05) is 11.8 Å². The van der Waals surface area contributed by atoms with E-state index in [9.17, 15) is 13.2 Å². The highest BCUT2D eigenvalue weighted by molar-refractivity contribution is 5.69. The standard InChI is InChI=1S/C16H11F3N4/c1-2-10-8-21-15-12(7-20)9-22-23(15)14(10)11-4-3-5-13(6-11)16(17,18)19/h3-6,8-9H,2H2,1H3. The summed E-state index contributed by atoms with van der Waals surface area (Å²) in [6.07, 6.45) is -0.904. The van der Waals surface area contributed by atoms with Crippen LogP contribution in [0.5, 0.6) is 0 Å². The molecule has 7 heteroatoms. The van der Waals surface area contributed by atoms with Gasteiger partial charge in [-0.3, -0.25) is 0 Å². The quantitative estimate of drug-likeness (QED) is 0.721. The number of aromatic nitrogens is 3. The van der Waals surface area contributed by atoms with Crippen LogP contribution in [-0.2, 0) is 12.6 Å². The van der Waals surface area contributed by atoms with Crippen molar-refractivity contribution in [3.05, 3.63) is 53.3 Å². The number of hydrogen-bond donors (Lipinski definition) is 0. The van der Waals surface area contributed by atoms with Crippen molar-refractivity contribution in [1.29, 1.82) is 5.26 Å². The van der Waals surface area contributed by atoms with Crippen molar-refractivity contribution >= 4 is 5.65 Å². The molecular formula is C16H11F3N4. The molecule has 0 saturated heterocycles. The van der Waals surface area contributed by atoms with Gasteiger partial charge in [0.1, 0.15) is 11.6 Å². The average Bonchev–Trinajstić information content (AvgIpc) is 2.96. The van der Waals surface area contributed by atoms with E-state index in [-0.39, 0.29) is 5.56 Å². The lowest BCUT2D eigenvalue weighted by molar-refractivity contribution is -0.137. The first-order chi connectivity index (χ1) is 11.0. The van der Waals surface area contributed by atoms with Gasteiger partial charge in [-0.2, -0.15) is 23.5 Å². The number of benzene rings is 1. The van der Waals surface area contributed by atoms with Crippen molar-refractivity contribution in [2.75, 3.05) is 0 Å². The highest BCUT2D eigenvalue weighted by Crippen LogP contribution is 2.33. The minimum absolute atomic E-state index is 0.279. The maximum atomic E-state index is 13.0. The number of alkyl halides is 3. The molecule has 0 unspecified atom stereocenters. The molecule has 4 nitrogen and oxygen atoms in total. The van der Waals surface area contributed by atoms with Crippen molar-refractivity contribution in [3.8, 4) is 17.3 Å². The Bertz CT molecular complexity index is 919. The molecule has 0 N–H and O–H groups in total. The third kappa shape index (κ3) is 2.52. The van der Waals surface area contributed by atoms with Gasteiger partial charge in [0.15, 0.2) is 5.65 Å². The first kappa shape index (κ1) is 15.0. The lowest BCUT2D eigenvalue weighted by atomic mass is 10.0. The number of nitrogens with zero attached hydrogens (tertiary/aromatic N) is 4. The second kappa shape index (κ2) is 5.39. The van der Waals surface area contributed by atoms with Crippen molar-refractivity contribution in [3.63, 3.8) is 0 Å². The Morgan fingerprint density at radius 2 is 2.04 bits per heavy atom. The van der Waals surface area contributed by atoms with Gasteiger partial charge in [-0.15, -0.1) is 0 Å². The normalized spacial score (nSPS) is 11.6. The minimum atomic E-state index is -4.42. The Balaban J connectivity index is 2.31. The zero-order valence-corrected chi connectivity index (χ0v) is 12.1. The fourth-order valence-electron chi connectivity index (χ4n) is 2.45. The van der Waals surface area contributed by atoms with Crippen molar-refractivity contribution in [2.45, 2.75) is 19.5 Å². The molecule has 0 spiro atoms. The highest BCUT2D eigenvalue weighted by atomic mass is 19.4. The smallest absolute Gasteiger partial charge is 0.236 e. The molecule has 2 aromatic heterocycles. The van der Waals surface area contributed by atoms with E-state index in [4.69, 9.17) is 5.26 Å². The molecule has 1 aromatic carbocycles. The molecule has 0 atom stereocenters. The number of rotatable bonds is 2. The molecule has 0 aliphatic heterocycles. The Kier molecular flexibility index (Phi) is 3.52. The predicted octanol–water partition coefficient (Wildman–Crippen LogP) is 3.85. The molecule has 0 radical (unpaired) electrons. The zero-order valence-electron chi connectivity index (χ0n) is 12.1. The largest absolute Gasteiger partial charge is 0.416 e. The van der Waals surface area contributed by atoms with E-state index in [1.165, 1.54) is 16.8 Å². The summed E-state index contributed by atoms with van der Waals surface area (Å²) in [7, 11) is 0. The molecule has 0 amide bonds. The van der Waals surface area contributed by atoms with E-state index in [0.717, 1.165) is 17.7 Å². The Hall–Kier alpha value is -2.88. The van der Waals surface area contributed by atoms with E-state index in [2.05, 4.69) is 10.1 Å². The number of nitriles is 1. The maximum Gasteiger partial charge on any atom is 0.416 e. The molecule has 3 aromatic rings. The molecule has 3 rings (SSSR count). The van der Waals surface area contributed by atoms with Crippen LogP contribution in [0.4, 0.5) is 13.2 Å². The SMILES string of the molecule is CCc1cnc2c(C#N)cnn2c1-c1cccc(C(F)(F)F)c1. The van der Waals surface area contributed by atoms with Crippen LogP contribution in [0.1, 0.15) is 23.6 Å². The summed E-state index contributed by atoms with van der Waals surface area (Å²) in [5.74, 6) is 0. The Labute approximate surface area is 129 Å². The summed E-state index contributed by atoms with van der Waals surface area (Å²) in [5.41, 5.74) is 1.54. The van der Waals surface area contributed by atoms with Gasteiger partial charge in [-0.05, 0) is 24.1 Å². The average molecular weight is 316 g/mol. The van der Waals surface area contributed by atoms with Crippen molar-refractivity contribution in [1.82, 2.24) is 14.6 Å². The van der Waals surface area contributed by atoms with Gasteiger partial charge in [0.05, 0.1) is 17.5 Å². The monoisotopic (exact) mass is 316 g/mol. The summed E-state index contributed by atoms with van der Waals surface area (Å²) in [6.45, 7) is 1.88. The predicted molar refractivity (Wildman–Crippen MR) is 77.5 cm³/mol. The molecule has 0 aliphatic carbocycles. The molecule has 0 aliphatic rings. The van der Waals surface area contributed by atoms with Crippen LogP contribution in [0, 0.1) is 11.3 Å². The second-order valence-corrected chi connectivity index (χ2v) is 4.97. The van der Waals surface area contributed by atoms with E-state index in [1.54, 1.807) is 12.3 Å². The van der Waals surface area contributed by atoms with Gasteiger partial charge in [0.2, 0.25) is 0 Å². The molecule has 0 bridgehead atoms. The van der Waals surface area contributed by atoms with E-state index >= 15 is 0 Å². The van der Waals surface area contributed by atoms with E-state index in [0.29, 0.717) is 23.3 Å². The molecule has 23 heavy (non-hydrogen) atoms. The molecular weight excluding hydrogens is 305 g/mol. The topological polar surface area (TPSA) is 54.0 Å². The molecule has 2 heterocycles. The molecule has 116 valence electrons. The van der Waals surface area contributed by atoms with Gasteiger partial charge < -0.3 is 0 Å². The first-order valence-corrected chi connectivity index (χ1v) is 6.89. The summed E-state index contributed by atoms with van der Waals surface area (Å²) in [6, 6.07) is 7.04. The van der Waals surface area contributed by atoms with Crippen LogP contribution in [0.25, 0.3) is 16.9 Å². The lowest BCUT2D eigenvalue weighted by Gasteiger charge is -2.12. The van der Waals surface area contributed by atoms with Crippen molar-refractivity contribution < 1.29 is 13.2 Å². The maximum absolute atomic E-state index is 13.0. The number of aryl methyl sites for hydroxylation is 1. The van der Waals surface area contributed by atoms with E-state index in [1.807, 2.05) is 13.0 Å². The fraction of sp³-hybridized carbons (Fsp3) is 0.188. The summed E-state index contributed by atoms with van der Waals surface area (Å²) >= 11 is 0. The van der Waals surface area contributed by atoms with Crippen LogP contribution in [0.15, 0.2) is 36.7 Å². The fourth-order valence-corrected chi connectivity index (χ4v) is 2.45. The summed E-state index contributed by atoms with van der Waals surface area (Å²) in [4.78, 5) is 4.20.